The Morgan fingerprint density at radius 3 is 1.00 bits per heavy atom. The molecule has 0 radical (unpaired) electrons. The second-order valence-corrected chi connectivity index (χ2v) is 3.01. The Bertz CT molecular complexity index is 80.1. The molecular formula is H6AsBO7. The normalized spacial score (nSPS) is 9.56. The first-order valence-corrected chi connectivity index (χ1v) is 4.84. The molecule has 0 aliphatic rings. The Morgan fingerprint density at radius 2 is 1.00 bits per heavy atom. The number of rotatable bonds is 0. The zero-order valence-corrected chi connectivity index (χ0v) is 5.99. The summed E-state index contributed by atoms with van der Waals surface area (Å²) in [5.41, 5.74) is 0. The Morgan fingerprint density at radius 1 is 1.00 bits per heavy atom. The zero-order valence-electron chi connectivity index (χ0n) is 4.12. The predicted molar refractivity (Wildman–Crippen MR) is 25.5 cm³/mol. The van der Waals surface area contributed by atoms with E-state index < -0.39 is 21.8 Å². The minimum atomic E-state index is -5.12. The zero-order chi connectivity index (χ0) is 8.08. The summed E-state index contributed by atoms with van der Waals surface area (Å²) in [5.74, 6) is 0. The maximum atomic E-state index is 8.94. The predicted octanol–water partition coefficient (Wildman–Crippen LogP) is -4.22. The van der Waals surface area contributed by atoms with Crippen molar-refractivity contribution in [2.45, 2.75) is 0 Å². The van der Waals surface area contributed by atoms with Crippen LogP contribution in [0.2, 0.25) is 0 Å². The van der Waals surface area contributed by atoms with Gasteiger partial charge in [0.15, 0.2) is 0 Å². The third-order valence-electron chi connectivity index (χ3n) is 0. The molecule has 9 heteroatoms. The summed E-state index contributed by atoms with van der Waals surface area (Å²) in [6.45, 7) is 0. The fourth-order valence-corrected chi connectivity index (χ4v) is 0. The quantitative estimate of drug-likeness (QED) is 0.220. The molecule has 0 aromatic rings. The monoisotopic (exact) mass is 204 g/mol. The van der Waals surface area contributed by atoms with Gasteiger partial charge in [-0.1, -0.05) is 0 Å². The van der Waals surface area contributed by atoms with Crippen molar-refractivity contribution in [3.63, 3.8) is 0 Å². The second-order valence-electron chi connectivity index (χ2n) is 0.860. The second kappa shape index (κ2) is 5.01. The van der Waals surface area contributed by atoms with Gasteiger partial charge in [0, 0.05) is 0 Å². The van der Waals surface area contributed by atoms with Crippen LogP contribution in [0.15, 0.2) is 0 Å². The molecule has 7 nitrogen and oxygen atoms in total. The molecule has 0 unspecified atom stereocenters. The summed E-state index contributed by atoms with van der Waals surface area (Å²) in [6, 6.07) is 0. The van der Waals surface area contributed by atoms with E-state index in [9.17, 15) is 0 Å². The Labute approximate surface area is 53.7 Å². The van der Waals surface area contributed by atoms with Crippen molar-refractivity contribution in [3.8, 4) is 0 Å². The van der Waals surface area contributed by atoms with Gasteiger partial charge in [0.05, 0.1) is 0 Å². The third-order valence-corrected chi connectivity index (χ3v) is 0. The Hall–Kier alpha value is 0.183. The molecule has 0 aliphatic carbocycles. The number of hydrogen-bond donors (Lipinski definition) is 6. The molecule has 0 aromatic carbocycles. The molecule has 0 atom stereocenters. The van der Waals surface area contributed by atoms with Crippen molar-refractivity contribution in [2.24, 2.45) is 0 Å². The topological polar surface area (TPSA) is 138 Å². The molecule has 9 heavy (non-hydrogen) atoms. The van der Waals surface area contributed by atoms with Crippen LogP contribution in [-0.4, -0.2) is 49.2 Å². The van der Waals surface area contributed by atoms with E-state index in [1.165, 1.54) is 0 Å². The molecule has 0 saturated carbocycles. The first-order chi connectivity index (χ1) is 3.73. The van der Waals surface area contributed by atoms with Crippen molar-refractivity contribution in [1.82, 2.24) is 0 Å². The smallest absolute Gasteiger partial charge is 0.402 e. The maximum absolute atomic E-state index is 8.94. The first-order valence-electron chi connectivity index (χ1n) is 1.56. The summed E-state index contributed by atoms with van der Waals surface area (Å²) in [5, 5.41) is 21.5. The van der Waals surface area contributed by atoms with Gasteiger partial charge in [-0.15, -0.1) is 0 Å². The first kappa shape index (κ1) is 11.9. The van der Waals surface area contributed by atoms with Gasteiger partial charge in [0.25, 0.3) is 0 Å². The molecule has 0 rings (SSSR count). The molecule has 0 heterocycles. The van der Waals surface area contributed by atoms with E-state index >= 15 is 0 Å². The maximum Gasteiger partial charge on any atom is 0.631 e. The van der Waals surface area contributed by atoms with Crippen LogP contribution in [-0.2, 0) is 3.74 Å². The average molecular weight is 204 g/mol. The molecule has 0 fully saturated rings. The van der Waals surface area contributed by atoms with E-state index in [0.717, 1.165) is 0 Å². The summed E-state index contributed by atoms with van der Waals surface area (Å²) >= 11 is -5.12. The van der Waals surface area contributed by atoms with Gasteiger partial charge in [0.1, 0.15) is 0 Å². The van der Waals surface area contributed by atoms with Crippen LogP contribution in [0.4, 0.5) is 0 Å². The van der Waals surface area contributed by atoms with Gasteiger partial charge in [-0.3, -0.25) is 0 Å². The summed E-state index contributed by atoms with van der Waals surface area (Å²) in [7, 11) is -2.17. The van der Waals surface area contributed by atoms with Crippen molar-refractivity contribution in [1.29, 1.82) is 0 Å². The van der Waals surface area contributed by atoms with Gasteiger partial charge in [0.2, 0.25) is 0 Å². The molecule has 0 aliphatic heterocycles. The van der Waals surface area contributed by atoms with Gasteiger partial charge in [-0.2, -0.15) is 0 Å². The van der Waals surface area contributed by atoms with Crippen LogP contribution in [0.25, 0.3) is 0 Å². The minimum absolute atomic E-state index is 2.17. The van der Waals surface area contributed by atoms with Crippen LogP contribution in [0.1, 0.15) is 0 Å². The molecule has 0 saturated heterocycles. The van der Waals surface area contributed by atoms with E-state index in [0.29, 0.717) is 0 Å². The average Bonchev–Trinajstić information content (AvgIpc) is 1.19. The van der Waals surface area contributed by atoms with E-state index in [2.05, 4.69) is 0 Å². The van der Waals surface area contributed by atoms with Crippen molar-refractivity contribution in [2.75, 3.05) is 0 Å². The van der Waals surface area contributed by atoms with Gasteiger partial charge >= 0.3 is 37.9 Å². The van der Waals surface area contributed by atoms with E-state index in [-0.39, 0.29) is 0 Å². The Kier molecular flexibility index (Phi) is 6.63. The van der Waals surface area contributed by atoms with E-state index in [1.807, 2.05) is 0 Å². The largest absolute Gasteiger partial charge is 0.631 e. The molecular weight excluding hydrogens is 198 g/mol. The molecule has 56 valence electrons. The fraction of sp³-hybridized carbons (Fsp3) is 0. The van der Waals surface area contributed by atoms with Crippen LogP contribution >= 0.6 is 0 Å². The van der Waals surface area contributed by atoms with Crippen LogP contribution in [0.3, 0.4) is 0 Å². The third kappa shape index (κ3) is 9300. The van der Waals surface area contributed by atoms with Crippen molar-refractivity contribution < 1.29 is 31.1 Å². The Balaban J connectivity index is 0. The van der Waals surface area contributed by atoms with Crippen LogP contribution in [0.5, 0.6) is 0 Å². The minimum Gasteiger partial charge on any atom is -0.402 e. The van der Waals surface area contributed by atoms with Gasteiger partial charge < -0.3 is 15.1 Å². The standard InChI is InChI=1S/AsH3O4.BH3O3/c2-1(3,4)5;2-1(3)4/h(H3,2,3,4,5);2-4H. The molecule has 0 spiro atoms. The molecule has 0 amide bonds. The van der Waals surface area contributed by atoms with Gasteiger partial charge in [-0.05, 0) is 0 Å². The molecule has 0 aromatic heterocycles. The van der Waals surface area contributed by atoms with Crippen molar-refractivity contribution in [3.05, 3.63) is 0 Å². The summed E-state index contributed by atoms with van der Waals surface area (Å²) in [4.78, 5) is 0. The summed E-state index contributed by atoms with van der Waals surface area (Å²) < 4.78 is 30.7. The van der Waals surface area contributed by atoms with Crippen LogP contribution in [0, 0.1) is 0 Å². The van der Waals surface area contributed by atoms with Crippen LogP contribution < -0.4 is 0 Å². The van der Waals surface area contributed by atoms with E-state index in [1.54, 1.807) is 0 Å². The summed E-state index contributed by atoms with van der Waals surface area (Å²) in [6.07, 6.45) is 0. The van der Waals surface area contributed by atoms with E-state index in [4.69, 9.17) is 31.1 Å². The molecule has 0 bridgehead atoms. The van der Waals surface area contributed by atoms with Crippen molar-refractivity contribution >= 4 is 21.8 Å². The van der Waals surface area contributed by atoms with Gasteiger partial charge in [-0.25, -0.2) is 0 Å². The SMILES string of the molecule is O=[As](O)(O)O.OB(O)O. The fourth-order valence-electron chi connectivity index (χ4n) is 0. The molecule has 6 N–H and O–H groups in total. The number of hydrogen-bond acceptors (Lipinski definition) is 4.